The van der Waals surface area contributed by atoms with Gasteiger partial charge in [0.05, 0.1) is 17.4 Å². The highest BCUT2D eigenvalue weighted by Gasteiger charge is 2.31. The molecule has 0 radical (unpaired) electrons. The van der Waals surface area contributed by atoms with Gasteiger partial charge in [-0.2, -0.15) is 13.2 Å². The van der Waals surface area contributed by atoms with Crippen molar-refractivity contribution >= 4 is 5.97 Å². The Morgan fingerprint density at radius 1 is 1.19 bits per heavy atom. The van der Waals surface area contributed by atoms with Gasteiger partial charge in [0.2, 0.25) is 5.43 Å². The normalized spacial score (nSPS) is 11.4. The summed E-state index contributed by atoms with van der Waals surface area (Å²) in [6, 6.07) is 7.52. The smallest absolute Gasteiger partial charge is 0.416 e. The average molecular weight is 374 g/mol. The number of carboxylic acid groups (broad SMARTS) is 1. The second-order valence-electron chi connectivity index (χ2n) is 5.80. The zero-order chi connectivity index (χ0) is 19.8. The molecule has 138 valence electrons. The molecular formula is C19H13F3N2O3. The molecule has 2 heterocycles. The first-order valence-corrected chi connectivity index (χ1v) is 7.77. The number of carbonyl (C=O) groups is 1. The fourth-order valence-electron chi connectivity index (χ4n) is 2.81. The summed E-state index contributed by atoms with van der Waals surface area (Å²) in [5, 5.41) is 9.37. The second kappa shape index (κ2) is 6.71. The molecular weight excluding hydrogens is 361 g/mol. The fraction of sp³-hybridized carbons (Fsp3) is 0.105. The quantitative estimate of drug-likeness (QED) is 0.754. The van der Waals surface area contributed by atoms with Crippen LogP contribution in [0, 0.1) is 6.92 Å². The van der Waals surface area contributed by atoms with E-state index in [0.29, 0.717) is 11.4 Å². The summed E-state index contributed by atoms with van der Waals surface area (Å²) in [4.78, 5) is 28.2. The first kappa shape index (κ1) is 18.4. The van der Waals surface area contributed by atoms with Crippen molar-refractivity contribution in [2.24, 2.45) is 0 Å². The molecule has 0 aliphatic heterocycles. The summed E-state index contributed by atoms with van der Waals surface area (Å²) in [5.74, 6) is -1.47. The summed E-state index contributed by atoms with van der Waals surface area (Å²) in [5.41, 5.74) is -1.65. The number of aromatic carboxylic acids is 1. The van der Waals surface area contributed by atoms with Gasteiger partial charge < -0.3 is 9.67 Å². The molecule has 0 amide bonds. The van der Waals surface area contributed by atoms with Crippen LogP contribution in [0.15, 0.2) is 59.8 Å². The molecule has 0 unspecified atom stereocenters. The first-order valence-electron chi connectivity index (χ1n) is 7.77. The lowest BCUT2D eigenvalue weighted by atomic mass is 9.99. The van der Waals surface area contributed by atoms with E-state index in [-0.39, 0.29) is 11.1 Å². The van der Waals surface area contributed by atoms with Crippen molar-refractivity contribution in [3.8, 4) is 16.8 Å². The molecule has 2 aromatic heterocycles. The van der Waals surface area contributed by atoms with Crippen LogP contribution in [0.3, 0.4) is 0 Å². The predicted octanol–water partition coefficient (Wildman–Crippen LogP) is 3.92. The zero-order valence-corrected chi connectivity index (χ0v) is 14.0. The maximum absolute atomic E-state index is 13.1. The van der Waals surface area contributed by atoms with Crippen LogP contribution in [0.25, 0.3) is 16.8 Å². The molecule has 0 aliphatic rings. The van der Waals surface area contributed by atoms with E-state index in [2.05, 4.69) is 4.98 Å². The minimum Gasteiger partial charge on any atom is -0.477 e. The summed E-state index contributed by atoms with van der Waals surface area (Å²) in [7, 11) is 0. The van der Waals surface area contributed by atoms with Crippen LogP contribution < -0.4 is 5.43 Å². The van der Waals surface area contributed by atoms with E-state index < -0.39 is 28.7 Å². The third kappa shape index (κ3) is 3.46. The lowest BCUT2D eigenvalue weighted by molar-refractivity contribution is -0.137. The van der Waals surface area contributed by atoms with Crippen LogP contribution in [-0.4, -0.2) is 20.6 Å². The van der Waals surface area contributed by atoms with E-state index in [1.54, 1.807) is 12.1 Å². The van der Waals surface area contributed by atoms with Gasteiger partial charge in [0.15, 0.2) is 0 Å². The Morgan fingerprint density at radius 2 is 1.93 bits per heavy atom. The van der Waals surface area contributed by atoms with Crippen LogP contribution >= 0.6 is 0 Å². The number of pyridine rings is 2. The number of nitrogens with zero attached hydrogens (tertiary/aromatic N) is 2. The average Bonchev–Trinajstić information content (AvgIpc) is 2.62. The number of hydrogen-bond donors (Lipinski definition) is 1. The molecule has 0 saturated carbocycles. The maximum Gasteiger partial charge on any atom is 0.416 e. The predicted molar refractivity (Wildman–Crippen MR) is 92.0 cm³/mol. The Morgan fingerprint density at radius 3 is 2.52 bits per heavy atom. The van der Waals surface area contributed by atoms with Crippen molar-refractivity contribution in [2.45, 2.75) is 13.1 Å². The van der Waals surface area contributed by atoms with Crippen LogP contribution in [0.1, 0.15) is 21.6 Å². The van der Waals surface area contributed by atoms with Crippen molar-refractivity contribution in [1.82, 2.24) is 9.55 Å². The Hall–Kier alpha value is -3.42. The van der Waals surface area contributed by atoms with Gasteiger partial charge in [-0.25, -0.2) is 4.79 Å². The molecule has 27 heavy (non-hydrogen) atoms. The van der Waals surface area contributed by atoms with Gasteiger partial charge in [-0.3, -0.25) is 9.78 Å². The molecule has 3 rings (SSSR count). The molecule has 1 N–H and O–H groups in total. The standard InChI is InChI=1S/C19H13F3N2O3/c1-11-16(12-4-2-5-13(8-12)19(20,21)22)17(25)15(18(26)27)10-24(11)14-6-3-7-23-9-14/h2-10H,1H3,(H,26,27). The van der Waals surface area contributed by atoms with Crippen molar-refractivity contribution < 1.29 is 23.1 Å². The summed E-state index contributed by atoms with van der Waals surface area (Å²) in [6.07, 6.45) is -0.461. The van der Waals surface area contributed by atoms with Crippen molar-refractivity contribution in [3.63, 3.8) is 0 Å². The molecule has 1 aromatic carbocycles. The minimum atomic E-state index is -4.59. The van der Waals surface area contributed by atoms with Gasteiger partial charge in [0.25, 0.3) is 0 Å². The summed E-state index contributed by atoms with van der Waals surface area (Å²) in [6.45, 7) is 1.54. The van der Waals surface area contributed by atoms with E-state index >= 15 is 0 Å². The highest BCUT2D eigenvalue weighted by molar-refractivity contribution is 5.89. The minimum absolute atomic E-state index is 0.00642. The molecule has 8 heteroatoms. The van der Waals surface area contributed by atoms with Crippen molar-refractivity contribution in [1.29, 1.82) is 0 Å². The number of rotatable bonds is 3. The number of benzene rings is 1. The zero-order valence-electron chi connectivity index (χ0n) is 14.0. The molecule has 0 atom stereocenters. The highest BCUT2D eigenvalue weighted by Crippen LogP contribution is 2.32. The molecule has 0 fully saturated rings. The Balaban J connectivity index is 2.35. The van der Waals surface area contributed by atoms with Crippen molar-refractivity contribution in [2.75, 3.05) is 0 Å². The van der Waals surface area contributed by atoms with E-state index in [1.165, 1.54) is 36.0 Å². The number of halogens is 3. The number of alkyl halides is 3. The van der Waals surface area contributed by atoms with Crippen molar-refractivity contribution in [3.05, 3.63) is 82.0 Å². The lowest BCUT2D eigenvalue weighted by Gasteiger charge is -2.16. The molecule has 0 bridgehead atoms. The van der Waals surface area contributed by atoms with Crippen LogP contribution in [0.5, 0.6) is 0 Å². The van der Waals surface area contributed by atoms with Crippen LogP contribution in [-0.2, 0) is 6.18 Å². The summed E-state index contributed by atoms with van der Waals surface area (Å²) >= 11 is 0. The molecule has 0 aliphatic carbocycles. The Kier molecular flexibility index (Phi) is 4.57. The third-order valence-electron chi connectivity index (χ3n) is 4.09. The topological polar surface area (TPSA) is 72.2 Å². The van der Waals surface area contributed by atoms with Crippen LogP contribution in [0.2, 0.25) is 0 Å². The monoisotopic (exact) mass is 374 g/mol. The Bertz CT molecular complexity index is 1070. The van der Waals surface area contributed by atoms with E-state index in [4.69, 9.17) is 0 Å². The number of carboxylic acids is 1. The van der Waals surface area contributed by atoms with Gasteiger partial charge >= 0.3 is 12.1 Å². The van der Waals surface area contributed by atoms with E-state index in [9.17, 15) is 27.9 Å². The largest absolute Gasteiger partial charge is 0.477 e. The molecule has 5 nitrogen and oxygen atoms in total. The van der Waals surface area contributed by atoms with Gasteiger partial charge in [-0.15, -0.1) is 0 Å². The first-order chi connectivity index (χ1) is 12.7. The molecule has 0 saturated heterocycles. The van der Waals surface area contributed by atoms with Gasteiger partial charge in [-0.1, -0.05) is 12.1 Å². The van der Waals surface area contributed by atoms with Gasteiger partial charge in [0.1, 0.15) is 5.56 Å². The van der Waals surface area contributed by atoms with E-state index in [0.717, 1.165) is 18.3 Å². The highest BCUT2D eigenvalue weighted by atomic mass is 19.4. The fourth-order valence-corrected chi connectivity index (χ4v) is 2.81. The number of hydrogen-bond acceptors (Lipinski definition) is 3. The molecule has 0 spiro atoms. The number of aromatic nitrogens is 2. The lowest BCUT2D eigenvalue weighted by Crippen LogP contribution is -2.22. The summed E-state index contributed by atoms with van der Waals surface area (Å²) < 4.78 is 40.6. The maximum atomic E-state index is 13.1. The molecule has 3 aromatic rings. The van der Waals surface area contributed by atoms with Crippen LogP contribution in [0.4, 0.5) is 13.2 Å². The SMILES string of the molecule is Cc1c(-c2cccc(C(F)(F)F)c2)c(=O)c(C(=O)O)cn1-c1cccnc1. The third-order valence-corrected chi connectivity index (χ3v) is 4.09. The Labute approximate surface area is 151 Å². The van der Waals surface area contributed by atoms with E-state index in [1.807, 2.05) is 0 Å². The second-order valence-corrected chi connectivity index (χ2v) is 5.80. The van der Waals surface area contributed by atoms with Gasteiger partial charge in [-0.05, 0) is 36.8 Å². The van der Waals surface area contributed by atoms with Gasteiger partial charge in [0, 0.05) is 23.7 Å².